The Balaban J connectivity index is 2.10. The zero-order valence-corrected chi connectivity index (χ0v) is 12.6. The highest BCUT2D eigenvalue weighted by Crippen LogP contribution is 2.13. The van der Waals surface area contributed by atoms with Crippen LogP contribution in [0.3, 0.4) is 0 Å². The lowest BCUT2D eigenvalue weighted by atomic mass is 10.1. The Morgan fingerprint density at radius 1 is 1.38 bits per heavy atom. The van der Waals surface area contributed by atoms with Crippen molar-refractivity contribution in [2.24, 2.45) is 0 Å². The van der Waals surface area contributed by atoms with Gasteiger partial charge >= 0.3 is 0 Å². The molecule has 6 nitrogen and oxygen atoms in total. The first-order valence-corrected chi connectivity index (χ1v) is 6.97. The summed E-state index contributed by atoms with van der Waals surface area (Å²) in [7, 11) is 0. The number of nitrogen functional groups attached to an aromatic ring is 1. The molecule has 0 spiro atoms. The molecule has 0 aliphatic heterocycles. The zero-order valence-electron chi connectivity index (χ0n) is 12.6. The fourth-order valence-electron chi connectivity index (χ4n) is 2.15. The van der Waals surface area contributed by atoms with E-state index in [4.69, 9.17) is 10.3 Å². The summed E-state index contributed by atoms with van der Waals surface area (Å²) in [6.07, 6.45) is 1.76. The van der Waals surface area contributed by atoms with Gasteiger partial charge in [0.25, 0.3) is 5.91 Å². The monoisotopic (exact) mass is 288 g/mol. The number of hydrogen-bond acceptors (Lipinski definition) is 5. The molecule has 2 heterocycles. The maximum Gasteiger partial charge on any atom is 0.251 e. The molecule has 0 saturated heterocycles. The molecule has 0 unspecified atom stereocenters. The van der Waals surface area contributed by atoms with E-state index in [2.05, 4.69) is 22.4 Å². The van der Waals surface area contributed by atoms with Crippen LogP contribution in [0.2, 0.25) is 0 Å². The fourth-order valence-corrected chi connectivity index (χ4v) is 2.15. The van der Waals surface area contributed by atoms with Crippen molar-refractivity contribution < 1.29 is 9.32 Å². The van der Waals surface area contributed by atoms with E-state index >= 15 is 0 Å². The zero-order chi connectivity index (χ0) is 15.4. The van der Waals surface area contributed by atoms with Gasteiger partial charge in [-0.3, -0.25) is 4.79 Å². The SMILES string of the molecule is CCCc1cc(C(=O)NCc2c(C)noc2C)cc(N)n1. The van der Waals surface area contributed by atoms with Gasteiger partial charge in [0.1, 0.15) is 11.6 Å². The van der Waals surface area contributed by atoms with Crippen LogP contribution < -0.4 is 11.1 Å². The Kier molecular flexibility index (Phi) is 4.57. The minimum atomic E-state index is -0.179. The van der Waals surface area contributed by atoms with Crippen molar-refractivity contribution in [1.82, 2.24) is 15.5 Å². The molecule has 3 N–H and O–H groups in total. The summed E-state index contributed by atoms with van der Waals surface area (Å²) in [5.74, 6) is 0.901. The van der Waals surface area contributed by atoms with Crippen LogP contribution in [0.5, 0.6) is 0 Å². The van der Waals surface area contributed by atoms with E-state index in [-0.39, 0.29) is 5.91 Å². The maximum atomic E-state index is 12.2. The second-order valence-electron chi connectivity index (χ2n) is 5.01. The van der Waals surface area contributed by atoms with Crippen LogP contribution in [0, 0.1) is 13.8 Å². The fraction of sp³-hybridized carbons (Fsp3) is 0.400. The Labute approximate surface area is 123 Å². The molecule has 1 amide bonds. The van der Waals surface area contributed by atoms with Gasteiger partial charge in [-0.15, -0.1) is 0 Å². The minimum Gasteiger partial charge on any atom is -0.384 e. The van der Waals surface area contributed by atoms with Crippen molar-refractivity contribution >= 4 is 11.7 Å². The number of carbonyl (C=O) groups is 1. The lowest BCUT2D eigenvalue weighted by Crippen LogP contribution is -2.23. The molecule has 2 rings (SSSR count). The predicted molar refractivity (Wildman–Crippen MR) is 79.8 cm³/mol. The quantitative estimate of drug-likeness (QED) is 0.879. The molecule has 0 aliphatic carbocycles. The Hall–Kier alpha value is -2.37. The third-order valence-corrected chi connectivity index (χ3v) is 3.27. The molecule has 0 atom stereocenters. The minimum absolute atomic E-state index is 0.179. The molecular formula is C15H20N4O2. The standard InChI is InChI=1S/C15H20N4O2/c1-4-5-12-6-11(7-14(16)18-12)15(20)17-8-13-9(2)19-21-10(13)3/h6-7H,4-5,8H2,1-3H3,(H2,16,18)(H,17,20). The van der Waals surface area contributed by atoms with Gasteiger partial charge in [0.2, 0.25) is 0 Å². The van der Waals surface area contributed by atoms with E-state index in [1.54, 1.807) is 12.1 Å². The van der Waals surface area contributed by atoms with Gasteiger partial charge in [-0.25, -0.2) is 4.98 Å². The molecule has 0 aromatic carbocycles. The van der Waals surface area contributed by atoms with E-state index < -0.39 is 0 Å². The Morgan fingerprint density at radius 3 is 2.76 bits per heavy atom. The number of hydrogen-bond donors (Lipinski definition) is 2. The van der Waals surface area contributed by atoms with Gasteiger partial charge in [0.05, 0.1) is 5.69 Å². The van der Waals surface area contributed by atoms with Crippen LogP contribution in [0.25, 0.3) is 0 Å². The summed E-state index contributed by atoms with van der Waals surface area (Å²) < 4.78 is 5.07. The normalized spacial score (nSPS) is 10.6. The van der Waals surface area contributed by atoms with Gasteiger partial charge in [0, 0.05) is 23.4 Å². The summed E-state index contributed by atoms with van der Waals surface area (Å²) in [5, 5.41) is 6.72. The molecule has 112 valence electrons. The smallest absolute Gasteiger partial charge is 0.251 e. The van der Waals surface area contributed by atoms with Crippen LogP contribution >= 0.6 is 0 Å². The summed E-state index contributed by atoms with van der Waals surface area (Å²) in [4.78, 5) is 16.4. The lowest BCUT2D eigenvalue weighted by molar-refractivity contribution is 0.0950. The maximum absolute atomic E-state index is 12.2. The number of aromatic nitrogens is 2. The van der Waals surface area contributed by atoms with Gasteiger partial charge in [-0.1, -0.05) is 18.5 Å². The van der Waals surface area contributed by atoms with Crippen molar-refractivity contribution in [3.63, 3.8) is 0 Å². The first kappa shape index (κ1) is 15.0. The highest BCUT2D eigenvalue weighted by atomic mass is 16.5. The van der Waals surface area contributed by atoms with Crippen LogP contribution in [0.1, 0.15) is 46.4 Å². The van der Waals surface area contributed by atoms with Gasteiger partial charge < -0.3 is 15.6 Å². The summed E-state index contributed by atoms with van der Waals surface area (Å²) >= 11 is 0. The molecule has 2 aromatic heterocycles. The van der Waals surface area contributed by atoms with Crippen molar-refractivity contribution in [3.8, 4) is 0 Å². The molecule has 21 heavy (non-hydrogen) atoms. The number of nitrogens with one attached hydrogen (secondary N) is 1. The second kappa shape index (κ2) is 6.39. The van der Waals surface area contributed by atoms with Crippen molar-refractivity contribution in [1.29, 1.82) is 0 Å². The number of carbonyl (C=O) groups excluding carboxylic acids is 1. The third kappa shape index (κ3) is 3.59. The van der Waals surface area contributed by atoms with Gasteiger partial charge in [0.15, 0.2) is 0 Å². The summed E-state index contributed by atoms with van der Waals surface area (Å²) in [6, 6.07) is 3.37. The summed E-state index contributed by atoms with van der Waals surface area (Å²) in [6.45, 7) is 6.11. The highest BCUT2D eigenvalue weighted by molar-refractivity contribution is 5.94. The van der Waals surface area contributed by atoms with Crippen molar-refractivity contribution in [3.05, 3.63) is 40.4 Å². The van der Waals surface area contributed by atoms with E-state index in [1.165, 1.54) is 0 Å². The van der Waals surface area contributed by atoms with Gasteiger partial charge in [-0.05, 0) is 32.4 Å². The van der Waals surface area contributed by atoms with Crippen LogP contribution in [-0.2, 0) is 13.0 Å². The highest BCUT2D eigenvalue weighted by Gasteiger charge is 2.12. The van der Waals surface area contributed by atoms with E-state index in [9.17, 15) is 4.79 Å². The number of amides is 1. The van der Waals surface area contributed by atoms with E-state index in [1.807, 2.05) is 13.8 Å². The molecule has 2 aromatic rings. The number of nitrogens with two attached hydrogens (primary N) is 1. The number of aryl methyl sites for hydroxylation is 3. The number of rotatable bonds is 5. The average Bonchev–Trinajstić information content (AvgIpc) is 2.75. The molecule has 0 fully saturated rings. The van der Waals surface area contributed by atoms with Crippen LogP contribution in [0.15, 0.2) is 16.7 Å². The number of nitrogens with zero attached hydrogens (tertiary/aromatic N) is 2. The largest absolute Gasteiger partial charge is 0.384 e. The van der Waals surface area contributed by atoms with Crippen molar-refractivity contribution in [2.75, 3.05) is 5.73 Å². The molecule has 0 radical (unpaired) electrons. The third-order valence-electron chi connectivity index (χ3n) is 3.27. The van der Waals surface area contributed by atoms with Crippen molar-refractivity contribution in [2.45, 2.75) is 40.2 Å². The topological polar surface area (TPSA) is 94.0 Å². The first-order chi connectivity index (χ1) is 10.0. The number of anilines is 1. The molecule has 0 saturated carbocycles. The number of pyridine rings is 1. The van der Waals surface area contributed by atoms with E-state index in [0.29, 0.717) is 23.7 Å². The van der Waals surface area contributed by atoms with Gasteiger partial charge in [-0.2, -0.15) is 0 Å². The molecule has 0 bridgehead atoms. The molecule has 0 aliphatic rings. The molecule has 6 heteroatoms. The Morgan fingerprint density at radius 2 is 2.14 bits per heavy atom. The first-order valence-electron chi connectivity index (χ1n) is 6.97. The van der Waals surface area contributed by atoms with Crippen LogP contribution in [0.4, 0.5) is 5.82 Å². The van der Waals surface area contributed by atoms with Crippen LogP contribution in [-0.4, -0.2) is 16.0 Å². The lowest BCUT2D eigenvalue weighted by Gasteiger charge is -2.07. The average molecular weight is 288 g/mol. The Bertz CT molecular complexity index is 630. The second-order valence-corrected chi connectivity index (χ2v) is 5.01. The summed E-state index contributed by atoms with van der Waals surface area (Å²) in [5.41, 5.74) is 8.80. The van der Waals surface area contributed by atoms with E-state index in [0.717, 1.165) is 29.8 Å². The molecular weight excluding hydrogens is 268 g/mol. The predicted octanol–water partition coefficient (Wildman–Crippen LogP) is 2.15.